The first kappa shape index (κ1) is 19.2. The Bertz CT molecular complexity index is 892. The molecule has 0 saturated heterocycles. The van der Waals surface area contributed by atoms with Crippen molar-refractivity contribution in [1.29, 1.82) is 0 Å². The Balaban J connectivity index is 2.59. The molecule has 0 fully saturated rings. The predicted molar refractivity (Wildman–Crippen MR) is 101 cm³/mol. The number of methoxy groups -OCH3 is 1. The molecule has 0 aliphatic carbocycles. The van der Waals surface area contributed by atoms with Gasteiger partial charge in [-0.1, -0.05) is 28.1 Å². The molecule has 5 nitrogen and oxygen atoms in total. The van der Waals surface area contributed by atoms with Gasteiger partial charge in [0.05, 0.1) is 29.8 Å². The first-order valence-electron chi connectivity index (χ1n) is 7.39. The number of halogens is 1. The lowest BCUT2D eigenvalue weighted by Gasteiger charge is -2.25. The second-order valence-corrected chi connectivity index (χ2v) is 8.05. The lowest BCUT2D eigenvalue weighted by molar-refractivity contribution is 0.0600. The molecule has 0 bridgehead atoms. The van der Waals surface area contributed by atoms with E-state index in [9.17, 15) is 13.2 Å². The highest BCUT2D eigenvalue weighted by Gasteiger charge is 2.26. The maximum Gasteiger partial charge on any atom is 0.337 e. The minimum atomic E-state index is -3.82. The van der Waals surface area contributed by atoms with Crippen molar-refractivity contribution in [2.75, 3.05) is 18.0 Å². The molecule has 0 radical (unpaired) electrons. The third kappa shape index (κ3) is 4.11. The Kier molecular flexibility index (Phi) is 6.02. The molecule has 0 atom stereocenters. The van der Waals surface area contributed by atoms with Gasteiger partial charge in [-0.2, -0.15) is 0 Å². The molecule has 0 aromatic heterocycles. The first-order chi connectivity index (χ1) is 11.8. The molecule has 0 unspecified atom stereocenters. The van der Waals surface area contributed by atoms with Crippen LogP contribution >= 0.6 is 15.9 Å². The van der Waals surface area contributed by atoms with Gasteiger partial charge in [0.2, 0.25) is 0 Å². The SMILES string of the molecule is C=CCN(c1cc(C(=O)OC)ccc1C)S(=O)(=O)c1ccc(Br)cc1. The van der Waals surface area contributed by atoms with E-state index >= 15 is 0 Å². The average Bonchev–Trinajstić information content (AvgIpc) is 2.60. The number of carbonyl (C=O) groups is 1. The summed E-state index contributed by atoms with van der Waals surface area (Å²) in [6, 6.07) is 11.2. The molecule has 0 heterocycles. The summed E-state index contributed by atoms with van der Waals surface area (Å²) >= 11 is 3.29. The van der Waals surface area contributed by atoms with Crippen molar-refractivity contribution in [2.24, 2.45) is 0 Å². The van der Waals surface area contributed by atoms with Gasteiger partial charge >= 0.3 is 5.97 Å². The Morgan fingerprint density at radius 2 is 1.88 bits per heavy atom. The van der Waals surface area contributed by atoms with Gasteiger partial charge in [-0.15, -0.1) is 6.58 Å². The van der Waals surface area contributed by atoms with Crippen molar-refractivity contribution in [1.82, 2.24) is 0 Å². The Labute approximate surface area is 156 Å². The summed E-state index contributed by atoms with van der Waals surface area (Å²) < 4.78 is 32.9. The number of ether oxygens (including phenoxy) is 1. The molecule has 0 amide bonds. The van der Waals surface area contributed by atoms with Crippen molar-refractivity contribution >= 4 is 37.6 Å². The van der Waals surface area contributed by atoms with Gasteiger partial charge in [0.15, 0.2) is 0 Å². The molecule has 0 saturated carbocycles. The maximum atomic E-state index is 13.1. The monoisotopic (exact) mass is 423 g/mol. The predicted octanol–water partition coefficient (Wildman–Crippen LogP) is 3.93. The summed E-state index contributed by atoms with van der Waals surface area (Å²) in [6.45, 7) is 5.50. The number of hydrogen-bond acceptors (Lipinski definition) is 4. The van der Waals surface area contributed by atoms with Crippen LogP contribution in [0.4, 0.5) is 5.69 Å². The van der Waals surface area contributed by atoms with Gasteiger partial charge < -0.3 is 4.74 Å². The summed E-state index contributed by atoms with van der Waals surface area (Å²) in [6.07, 6.45) is 1.50. The van der Waals surface area contributed by atoms with E-state index in [1.807, 2.05) is 0 Å². The van der Waals surface area contributed by atoms with E-state index in [-0.39, 0.29) is 17.0 Å². The highest BCUT2D eigenvalue weighted by molar-refractivity contribution is 9.10. The molecule has 0 aliphatic rings. The summed E-state index contributed by atoms with van der Waals surface area (Å²) in [5.74, 6) is -0.527. The number of benzene rings is 2. The Hall–Kier alpha value is -2.12. The third-order valence-corrected chi connectivity index (χ3v) is 5.92. The molecule has 0 N–H and O–H groups in total. The third-order valence-electron chi connectivity index (χ3n) is 3.60. The van der Waals surface area contributed by atoms with Gasteiger partial charge in [0.25, 0.3) is 10.0 Å². The molecule has 2 aromatic rings. The number of sulfonamides is 1. The number of esters is 1. The summed E-state index contributed by atoms with van der Waals surface area (Å²) in [7, 11) is -2.54. The van der Waals surface area contributed by atoms with Crippen molar-refractivity contribution < 1.29 is 17.9 Å². The van der Waals surface area contributed by atoms with Crippen LogP contribution in [0.2, 0.25) is 0 Å². The smallest absolute Gasteiger partial charge is 0.337 e. The Morgan fingerprint density at radius 1 is 1.24 bits per heavy atom. The van der Waals surface area contributed by atoms with Gasteiger partial charge in [-0.25, -0.2) is 13.2 Å². The fraction of sp³-hybridized carbons (Fsp3) is 0.167. The minimum absolute atomic E-state index is 0.0733. The van der Waals surface area contributed by atoms with Gasteiger partial charge in [0.1, 0.15) is 0 Å². The second-order valence-electron chi connectivity index (χ2n) is 5.27. The maximum absolute atomic E-state index is 13.1. The minimum Gasteiger partial charge on any atom is -0.465 e. The zero-order valence-corrected chi connectivity index (χ0v) is 16.3. The summed E-state index contributed by atoms with van der Waals surface area (Å²) in [5, 5.41) is 0. The fourth-order valence-corrected chi connectivity index (χ4v) is 4.06. The number of nitrogens with zero attached hydrogens (tertiary/aromatic N) is 1. The summed E-state index contributed by atoms with van der Waals surface area (Å²) in [5.41, 5.74) is 1.41. The number of carbonyl (C=O) groups excluding carboxylic acids is 1. The Morgan fingerprint density at radius 3 is 2.44 bits per heavy atom. The summed E-state index contributed by atoms with van der Waals surface area (Å²) in [4.78, 5) is 12.0. The molecule has 0 spiro atoms. The molecular weight excluding hydrogens is 406 g/mol. The number of aryl methyl sites for hydroxylation is 1. The van der Waals surface area contributed by atoms with Crippen molar-refractivity contribution in [3.05, 3.63) is 70.7 Å². The van der Waals surface area contributed by atoms with E-state index in [1.54, 1.807) is 31.2 Å². The van der Waals surface area contributed by atoms with Crippen molar-refractivity contribution in [3.63, 3.8) is 0 Å². The van der Waals surface area contributed by atoms with Crippen LogP contribution in [0.5, 0.6) is 0 Å². The molecule has 132 valence electrons. The quantitative estimate of drug-likeness (QED) is 0.521. The van der Waals surface area contributed by atoms with Crippen LogP contribution in [0, 0.1) is 6.92 Å². The number of rotatable bonds is 6. The van der Waals surface area contributed by atoms with Gasteiger partial charge in [0, 0.05) is 4.47 Å². The van der Waals surface area contributed by atoms with Crippen LogP contribution in [0.1, 0.15) is 15.9 Å². The number of hydrogen-bond donors (Lipinski definition) is 0. The second kappa shape index (κ2) is 7.84. The lowest BCUT2D eigenvalue weighted by atomic mass is 10.1. The van der Waals surface area contributed by atoms with Crippen LogP contribution in [0.25, 0.3) is 0 Å². The van der Waals surface area contributed by atoms with Gasteiger partial charge in [-0.05, 0) is 48.9 Å². The zero-order chi connectivity index (χ0) is 18.6. The van der Waals surface area contributed by atoms with E-state index in [2.05, 4.69) is 22.5 Å². The van der Waals surface area contributed by atoms with Crippen LogP contribution in [-0.4, -0.2) is 28.0 Å². The van der Waals surface area contributed by atoms with E-state index in [1.165, 1.54) is 35.7 Å². The molecular formula is C18H18BrNO4S. The van der Waals surface area contributed by atoms with Crippen LogP contribution in [0.3, 0.4) is 0 Å². The average molecular weight is 424 g/mol. The normalized spacial score (nSPS) is 11.0. The van der Waals surface area contributed by atoms with E-state index in [0.29, 0.717) is 5.69 Å². The van der Waals surface area contributed by atoms with Crippen LogP contribution in [-0.2, 0) is 14.8 Å². The largest absolute Gasteiger partial charge is 0.465 e. The first-order valence-corrected chi connectivity index (χ1v) is 9.62. The van der Waals surface area contributed by atoms with Crippen molar-refractivity contribution in [2.45, 2.75) is 11.8 Å². The molecule has 25 heavy (non-hydrogen) atoms. The fourth-order valence-electron chi connectivity index (χ4n) is 2.30. The molecule has 2 rings (SSSR count). The van der Waals surface area contributed by atoms with Gasteiger partial charge in [-0.3, -0.25) is 4.31 Å². The van der Waals surface area contributed by atoms with Crippen molar-refractivity contribution in [3.8, 4) is 0 Å². The zero-order valence-electron chi connectivity index (χ0n) is 13.9. The molecule has 2 aromatic carbocycles. The van der Waals surface area contributed by atoms with Crippen LogP contribution < -0.4 is 4.31 Å². The molecule has 7 heteroatoms. The van der Waals surface area contributed by atoms with E-state index < -0.39 is 16.0 Å². The van der Waals surface area contributed by atoms with E-state index in [4.69, 9.17) is 4.74 Å². The highest BCUT2D eigenvalue weighted by atomic mass is 79.9. The molecule has 0 aliphatic heterocycles. The highest BCUT2D eigenvalue weighted by Crippen LogP contribution is 2.28. The van der Waals surface area contributed by atoms with Crippen LogP contribution in [0.15, 0.2) is 64.5 Å². The van der Waals surface area contributed by atoms with E-state index in [0.717, 1.165) is 10.0 Å². The number of anilines is 1. The topological polar surface area (TPSA) is 63.7 Å². The standard InChI is InChI=1S/C18H18BrNO4S/c1-4-11-20(25(22,23)16-9-7-15(19)8-10-16)17-12-14(18(21)24-3)6-5-13(17)2/h4-10,12H,1,11H2,2-3H3. The lowest BCUT2D eigenvalue weighted by Crippen LogP contribution is -2.32.